The topological polar surface area (TPSA) is 49.8 Å². The zero-order valence-corrected chi connectivity index (χ0v) is 12.3. The van der Waals surface area contributed by atoms with Gasteiger partial charge in [-0.15, -0.1) is 0 Å². The van der Waals surface area contributed by atoms with Gasteiger partial charge in [0, 0.05) is 12.6 Å². The van der Waals surface area contributed by atoms with Crippen LogP contribution in [0.4, 0.5) is 11.6 Å². The van der Waals surface area contributed by atoms with Crippen LogP contribution in [0.1, 0.15) is 46.5 Å². The van der Waals surface area contributed by atoms with Gasteiger partial charge in [0.05, 0.1) is 12.4 Å². The average molecular weight is 262 g/mol. The fourth-order valence-corrected chi connectivity index (χ4v) is 2.66. The molecule has 0 saturated heterocycles. The standard InChI is InChI=1S/C15H26N4/c1-4-7-17-14-9-16-10-15(19-14)18-13-6-5-11(2)12(3)8-13/h9-13H,4-8H2,1-3H3,(H2,17,18,19). The van der Waals surface area contributed by atoms with E-state index < -0.39 is 0 Å². The molecule has 4 heteroatoms. The Morgan fingerprint density at radius 2 is 1.95 bits per heavy atom. The summed E-state index contributed by atoms with van der Waals surface area (Å²) in [6.07, 6.45) is 8.47. The van der Waals surface area contributed by atoms with Gasteiger partial charge >= 0.3 is 0 Å². The third-order valence-corrected chi connectivity index (χ3v) is 4.14. The molecule has 1 fully saturated rings. The minimum atomic E-state index is 0.543. The molecule has 2 N–H and O–H groups in total. The van der Waals surface area contributed by atoms with Crippen molar-refractivity contribution in [1.82, 2.24) is 9.97 Å². The van der Waals surface area contributed by atoms with Crippen LogP contribution in [0.3, 0.4) is 0 Å². The van der Waals surface area contributed by atoms with Crippen LogP contribution in [0.15, 0.2) is 12.4 Å². The molecule has 1 aliphatic rings. The summed E-state index contributed by atoms with van der Waals surface area (Å²) in [4.78, 5) is 8.81. The molecule has 0 amide bonds. The molecule has 0 radical (unpaired) electrons. The molecule has 19 heavy (non-hydrogen) atoms. The highest BCUT2D eigenvalue weighted by Gasteiger charge is 2.24. The Hall–Kier alpha value is -1.32. The zero-order valence-electron chi connectivity index (χ0n) is 12.3. The predicted octanol–water partition coefficient (Wildman–Crippen LogP) is 3.54. The first-order chi connectivity index (χ1) is 9.19. The van der Waals surface area contributed by atoms with E-state index in [-0.39, 0.29) is 0 Å². The molecular formula is C15H26N4. The van der Waals surface area contributed by atoms with Crippen LogP contribution in [0.2, 0.25) is 0 Å². The first-order valence-electron chi connectivity index (χ1n) is 7.51. The second kappa shape index (κ2) is 6.73. The van der Waals surface area contributed by atoms with Gasteiger partial charge in [0.25, 0.3) is 0 Å². The first kappa shape index (κ1) is 14.1. The summed E-state index contributed by atoms with van der Waals surface area (Å²) in [6, 6.07) is 0.543. The van der Waals surface area contributed by atoms with Crippen LogP contribution in [-0.4, -0.2) is 22.6 Å². The van der Waals surface area contributed by atoms with Crippen molar-refractivity contribution in [1.29, 1.82) is 0 Å². The number of rotatable bonds is 5. The second-order valence-electron chi connectivity index (χ2n) is 5.83. The molecule has 4 nitrogen and oxygen atoms in total. The lowest BCUT2D eigenvalue weighted by Crippen LogP contribution is -2.30. The van der Waals surface area contributed by atoms with Gasteiger partial charge in [-0.25, -0.2) is 4.98 Å². The molecule has 3 atom stereocenters. The highest BCUT2D eigenvalue weighted by atomic mass is 15.1. The normalized spacial score (nSPS) is 27.0. The maximum Gasteiger partial charge on any atom is 0.147 e. The quantitative estimate of drug-likeness (QED) is 0.852. The summed E-state index contributed by atoms with van der Waals surface area (Å²) < 4.78 is 0. The van der Waals surface area contributed by atoms with E-state index in [9.17, 15) is 0 Å². The first-order valence-corrected chi connectivity index (χ1v) is 7.51. The Morgan fingerprint density at radius 1 is 1.16 bits per heavy atom. The molecule has 0 bridgehead atoms. The van der Waals surface area contributed by atoms with E-state index >= 15 is 0 Å². The van der Waals surface area contributed by atoms with Crippen molar-refractivity contribution in [3.63, 3.8) is 0 Å². The second-order valence-corrected chi connectivity index (χ2v) is 5.83. The summed E-state index contributed by atoms with van der Waals surface area (Å²) in [5.74, 6) is 3.40. The van der Waals surface area contributed by atoms with E-state index in [1.165, 1.54) is 19.3 Å². The molecule has 1 saturated carbocycles. The third kappa shape index (κ3) is 4.08. The monoisotopic (exact) mass is 262 g/mol. The largest absolute Gasteiger partial charge is 0.369 e. The van der Waals surface area contributed by atoms with Crippen molar-refractivity contribution in [3.8, 4) is 0 Å². The van der Waals surface area contributed by atoms with Gasteiger partial charge in [0.15, 0.2) is 0 Å². The Balaban J connectivity index is 1.91. The summed E-state index contributed by atoms with van der Waals surface area (Å²) in [6.45, 7) is 7.79. The SMILES string of the molecule is CCCNc1cncc(NC2CCC(C)C(C)C2)n1. The van der Waals surface area contributed by atoms with Crippen molar-refractivity contribution in [2.24, 2.45) is 11.8 Å². The van der Waals surface area contributed by atoms with Gasteiger partial charge < -0.3 is 10.6 Å². The van der Waals surface area contributed by atoms with E-state index in [0.717, 1.165) is 36.4 Å². The van der Waals surface area contributed by atoms with Crippen molar-refractivity contribution < 1.29 is 0 Å². The zero-order chi connectivity index (χ0) is 13.7. The molecule has 2 rings (SSSR count). The predicted molar refractivity (Wildman–Crippen MR) is 80.4 cm³/mol. The molecule has 0 aromatic carbocycles. The van der Waals surface area contributed by atoms with Crippen molar-refractivity contribution in [2.45, 2.75) is 52.5 Å². The van der Waals surface area contributed by atoms with Gasteiger partial charge in [0.2, 0.25) is 0 Å². The molecule has 1 aliphatic carbocycles. The van der Waals surface area contributed by atoms with Gasteiger partial charge in [0.1, 0.15) is 11.6 Å². The van der Waals surface area contributed by atoms with E-state index in [0.29, 0.717) is 6.04 Å². The minimum absolute atomic E-state index is 0.543. The Bertz CT molecular complexity index is 393. The van der Waals surface area contributed by atoms with Crippen molar-refractivity contribution in [3.05, 3.63) is 12.4 Å². The smallest absolute Gasteiger partial charge is 0.147 e. The summed E-state index contributed by atoms with van der Waals surface area (Å²) in [5, 5.41) is 6.81. The average Bonchev–Trinajstić information content (AvgIpc) is 2.41. The molecule has 0 aliphatic heterocycles. The van der Waals surface area contributed by atoms with E-state index in [1.54, 1.807) is 6.20 Å². The molecule has 0 spiro atoms. The molecular weight excluding hydrogens is 236 g/mol. The Morgan fingerprint density at radius 3 is 2.68 bits per heavy atom. The number of aromatic nitrogens is 2. The van der Waals surface area contributed by atoms with Gasteiger partial charge in [-0.3, -0.25) is 4.98 Å². The van der Waals surface area contributed by atoms with Gasteiger partial charge in [-0.05, 0) is 37.5 Å². The highest BCUT2D eigenvalue weighted by molar-refractivity contribution is 5.42. The molecule has 1 heterocycles. The lowest BCUT2D eigenvalue weighted by molar-refractivity contribution is 0.260. The number of anilines is 2. The maximum atomic E-state index is 4.56. The fraction of sp³-hybridized carbons (Fsp3) is 0.733. The number of nitrogens with one attached hydrogen (secondary N) is 2. The lowest BCUT2D eigenvalue weighted by Gasteiger charge is -2.32. The van der Waals surface area contributed by atoms with Gasteiger partial charge in [-0.1, -0.05) is 20.8 Å². The van der Waals surface area contributed by atoms with Gasteiger partial charge in [-0.2, -0.15) is 0 Å². The third-order valence-electron chi connectivity index (χ3n) is 4.14. The van der Waals surface area contributed by atoms with Crippen LogP contribution in [-0.2, 0) is 0 Å². The molecule has 3 unspecified atom stereocenters. The molecule has 1 aromatic heterocycles. The van der Waals surface area contributed by atoms with Crippen LogP contribution < -0.4 is 10.6 Å². The molecule has 106 valence electrons. The van der Waals surface area contributed by atoms with Crippen molar-refractivity contribution in [2.75, 3.05) is 17.2 Å². The Kier molecular flexibility index (Phi) is 5.00. The van der Waals surface area contributed by atoms with Crippen LogP contribution in [0.25, 0.3) is 0 Å². The number of hydrogen-bond acceptors (Lipinski definition) is 4. The Labute approximate surface area is 116 Å². The minimum Gasteiger partial charge on any atom is -0.369 e. The maximum absolute atomic E-state index is 4.56. The number of nitrogens with zero attached hydrogens (tertiary/aromatic N) is 2. The van der Waals surface area contributed by atoms with Crippen LogP contribution in [0, 0.1) is 11.8 Å². The van der Waals surface area contributed by atoms with E-state index in [4.69, 9.17) is 0 Å². The van der Waals surface area contributed by atoms with Crippen LogP contribution >= 0.6 is 0 Å². The summed E-state index contributed by atoms with van der Waals surface area (Å²) in [5.41, 5.74) is 0. The van der Waals surface area contributed by atoms with E-state index in [1.807, 2.05) is 6.20 Å². The van der Waals surface area contributed by atoms with Crippen molar-refractivity contribution >= 4 is 11.6 Å². The fourth-order valence-electron chi connectivity index (χ4n) is 2.66. The highest BCUT2D eigenvalue weighted by Crippen LogP contribution is 2.30. The number of hydrogen-bond donors (Lipinski definition) is 2. The summed E-state index contributed by atoms with van der Waals surface area (Å²) >= 11 is 0. The molecule has 1 aromatic rings. The lowest BCUT2D eigenvalue weighted by atomic mass is 9.79. The van der Waals surface area contributed by atoms with E-state index in [2.05, 4.69) is 41.4 Å². The summed E-state index contributed by atoms with van der Waals surface area (Å²) in [7, 11) is 0. The van der Waals surface area contributed by atoms with Crippen LogP contribution in [0.5, 0.6) is 0 Å².